The lowest BCUT2D eigenvalue weighted by Crippen LogP contribution is -2.03. The van der Waals surface area contributed by atoms with Crippen molar-refractivity contribution in [2.24, 2.45) is 0 Å². The third-order valence-corrected chi connectivity index (χ3v) is 4.10. The second kappa shape index (κ2) is 6.42. The summed E-state index contributed by atoms with van der Waals surface area (Å²) in [6, 6.07) is 11.9. The van der Waals surface area contributed by atoms with Gasteiger partial charge in [0.1, 0.15) is 5.82 Å². The Kier molecular flexibility index (Phi) is 4.86. The first kappa shape index (κ1) is 14.4. The maximum atomic E-state index is 13.0. The summed E-state index contributed by atoms with van der Waals surface area (Å²) < 4.78 is 13.0. The molecule has 0 heterocycles. The van der Waals surface area contributed by atoms with Crippen molar-refractivity contribution in [2.45, 2.75) is 17.9 Å². The summed E-state index contributed by atoms with van der Waals surface area (Å²) in [5.41, 5.74) is 1.52. The van der Waals surface area contributed by atoms with Crippen LogP contribution in [0.5, 0.6) is 0 Å². The van der Waals surface area contributed by atoms with Crippen LogP contribution in [0.25, 0.3) is 0 Å². The lowest BCUT2D eigenvalue weighted by Gasteiger charge is -2.13. The minimum atomic E-state index is -0.621. The van der Waals surface area contributed by atoms with E-state index in [1.165, 1.54) is 23.9 Å². The molecule has 0 bridgehead atoms. The Balaban J connectivity index is 2.03. The fourth-order valence-electron chi connectivity index (χ4n) is 1.83. The van der Waals surface area contributed by atoms with Crippen LogP contribution in [-0.4, -0.2) is 10.9 Å². The van der Waals surface area contributed by atoms with Crippen LogP contribution >= 0.6 is 23.4 Å². The van der Waals surface area contributed by atoms with Crippen LogP contribution in [0.1, 0.15) is 17.2 Å². The Labute approximate surface area is 121 Å². The molecule has 2 rings (SSSR count). The van der Waals surface area contributed by atoms with Gasteiger partial charge in [-0.05, 0) is 48.4 Å². The predicted octanol–water partition coefficient (Wildman–Crippen LogP) is 4.61. The van der Waals surface area contributed by atoms with E-state index in [2.05, 4.69) is 0 Å². The zero-order chi connectivity index (χ0) is 13.8. The molecule has 0 amide bonds. The van der Waals surface area contributed by atoms with E-state index in [1.807, 2.05) is 24.3 Å². The highest BCUT2D eigenvalue weighted by Crippen LogP contribution is 2.28. The Bertz CT molecular complexity index is 574. The molecule has 0 aliphatic heterocycles. The number of hydrogen-bond donors (Lipinski definition) is 1. The Morgan fingerprint density at radius 2 is 2.05 bits per heavy atom. The molecule has 100 valence electrons. The summed E-state index contributed by atoms with van der Waals surface area (Å²) >= 11 is 7.42. The first-order valence-electron chi connectivity index (χ1n) is 5.89. The third kappa shape index (κ3) is 3.96. The quantitative estimate of drug-likeness (QED) is 0.831. The van der Waals surface area contributed by atoms with Crippen molar-refractivity contribution in [3.63, 3.8) is 0 Å². The zero-order valence-corrected chi connectivity index (χ0v) is 12.0. The molecule has 2 aromatic rings. The maximum absolute atomic E-state index is 13.0. The molecule has 1 N–H and O–H groups in total. The van der Waals surface area contributed by atoms with Crippen molar-refractivity contribution in [3.05, 3.63) is 64.4 Å². The van der Waals surface area contributed by atoms with Crippen LogP contribution in [0.15, 0.2) is 47.4 Å². The van der Waals surface area contributed by atoms with E-state index < -0.39 is 6.10 Å². The minimum absolute atomic E-state index is 0.282. The van der Waals surface area contributed by atoms with Gasteiger partial charge in [0.25, 0.3) is 0 Å². The SMILES string of the molecule is Cc1cc(F)ccc1C(O)CSc1cccc(Cl)c1. The van der Waals surface area contributed by atoms with Gasteiger partial charge in [-0.25, -0.2) is 4.39 Å². The average Bonchev–Trinajstić information content (AvgIpc) is 2.36. The molecule has 0 radical (unpaired) electrons. The summed E-state index contributed by atoms with van der Waals surface area (Å²) in [6.07, 6.45) is -0.621. The van der Waals surface area contributed by atoms with Gasteiger partial charge in [0.2, 0.25) is 0 Å². The van der Waals surface area contributed by atoms with Gasteiger partial charge in [0.15, 0.2) is 0 Å². The molecular formula is C15H14ClFOS. The molecule has 4 heteroatoms. The number of aliphatic hydroxyl groups excluding tert-OH is 1. The first-order chi connectivity index (χ1) is 9.06. The second-order valence-electron chi connectivity index (χ2n) is 4.29. The molecule has 0 spiro atoms. The topological polar surface area (TPSA) is 20.2 Å². The van der Waals surface area contributed by atoms with E-state index in [9.17, 15) is 9.50 Å². The molecule has 0 aliphatic rings. The second-order valence-corrected chi connectivity index (χ2v) is 5.81. The van der Waals surface area contributed by atoms with Crippen LogP contribution in [0.2, 0.25) is 5.02 Å². The molecule has 1 nitrogen and oxygen atoms in total. The van der Waals surface area contributed by atoms with Crippen molar-refractivity contribution >= 4 is 23.4 Å². The number of aryl methyl sites for hydroxylation is 1. The van der Waals surface area contributed by atoms with E-state index >= 15 is 0 Å². The molecular weight excluding hydrogens is 283 g/mol. The van der Waals surface area contributed by atoms with Crippen LogP contribution in [0.4, 0.5) is 4.39 Å². The van der Waals surface area contributed by atoms with Crippen molar-refractivity contribution in [1.29, 1.82) is 0 Å². The van der Waals surface area contributed by atoms with Crippen LogP contribution < -0.4 is 0 Å². The van der Waals surface area contributed by atoms with Crippen LogP contribution in [0, 0.1) is 12.7 Å². The van der Waals surface area contributed by atoms with Gasteiger partial charge in [-0.3, -0.25) is 0 Å². The van der Waals surface area contributed by atoms with Crippen molar-refractivity contribution < 1.29 is 9.50 Å². The highest BCUT2D eigenvalue weighted by atomic mass is 35.5. The lowest BCUT2D eigenvalue weighted by atomic mass is 10.0. The molecule has 0 saturated heterocycles. The zero-order valence-electron chi connectivity index (χ0n) is 10.4. The lowest BCUT2D eigenvalue weighted by molar-refractivity contribution is 0.203. The number of hydrogen-bond acceptors (Lipinski definition) is 2. The first-order valence-corrected chi connectivity index (χ1v) is 7.25. The average molecular weight is 297 g/mol. The van der Waals surface area contributed by atoms with Gasteiger partial charge in [-0.1, -0.05) is 23.7 Å². The van der Waals surface area contributed by atoms with Gasteiger partial charge in [-0.2, -0.15) is 0 Å². The predicted molar refractivity (Wildman–Crippen MR) is 78.3 cm³/mol. The normalized spacial score (nSPS) is 12.4. The van der Waals surface area contributed by atoms with E-state index in [0.717, 1.165) is 16.0 Å². The molecule has 0 aromatic heterocycles. The third-order valence-electron chi connectivity index (χ3n) is 2.79. The summed E-state index contributed by atoms with van der Waals surface area (Å²) in [5.74, 6) is 0.225. The van der Waals surface area contributed by atoms with Gasteiger partial charge in [0, 0.05) is 15.7 Å². The fraction of sp³-hybridized carbons (Fsp3) is 0.200. The molecule has 2 aromatic carbocycles. The molecule has 1 unspecified atom stereocenters. The Hall–Kier alpha value is -1.03. The molecule has 0 fully saturated rings. The number of halogens is 2. The highest BCUT2D eigenvalue weighted by Gasteiger charge is 2.11. The van der Waals surface area contributed by atoms with Gasteiger partial charge in [0.05, 0.1) is 6.10 Å². The largest absolute Gasteiger partial charge is 0.388 e. The standard InChI is InChI=1S/C15H14ClFOS/c1-10-7-12(17)5-6-14(10)15(18)9-19-13-4-2-3-11(16)8-13/h2-8,15,18H,9H2,1H3. The van der Waals surface area contributed by atoms with Gasteiger partial charge in [-0.15, -0.1) is 11.8 Å². The summed E-state index contributed by atoms with van der Waals surface area (Å²) in [7, 11) is 0. The Morgan fingerprint density at radius 3 is 2.74 bits per heavy atom. The molecule has 0 aliphatic carbocycles. The number of rotatable bonds is 4. The van der Waals surface area contributed by atoms with Crippen LogP contribution in [0.3, 0.4) is 0 Å². The molecule has 19 heavy (non-hydrogen) atoms. The summed E-state index contributed by atoms with van der Waals surface area (Å²) in [6.45, 7) is 1.80. The Morgan fingerprint density at radius 1 is 1.26 bits per heavy atom. The van der Waals surface area contributed by atoms with Gasteiger partial charge < -0.3 is 5.11 Å². The fourth-order valence-corrected chi connectivity index (χ4v) is 3.00. The van der Waals surface area contributed by atoms with Crippen molar-refractivity contribution in [1.82, 2.24) is 0 Å². The minimum Gasteiger partial charge on any atom is -0.388 e. The van der Waals surface area contributed by atoms with Crippen LogP contribution in [-0.2, 0) is 0 Å². The maximum Gasteiger partial charge on any atom is 0.123 e. The van der Waals surface area contributed by atoms with Crippen molar-refractivity contribution in [2.75, 3.05) is 5.75 Å². The van der Waals surface area contributed by atoms with Crippen molar-refractivity contribution in [3.8, 4) is 0 Å². The van der Waals surface area contributed by atoms with E-state index in [1.54, 1.807) is 13.0 Å². The number of thioether (sulfide) groups is 1. The van der Waals surface area contributed by atoms with E-state index in [-0.39, 0.29) is 5.82 Å². The number of aliphatic hydroxyl groups is 1. The van der Waals surface area contributed by atoms with Gasteiger partial charge >= 0.3 is 0 Å². The summed E-state index contributed by atoms with van der Waals surface area (Å²) in [4.78, 5) is 1.01. The van der Waals surface area contributed by atoms with E-state index in [0.29, 0.717) is 10.8 Å². The molecule has 0 saturated carbocycles. The smallest absolute Gasteiger partial charge is 0.123 e. The molecule has 1 atom stereocenters. The monoisotopic (exact) mass is 296 g/mol. The summed E-state index contributed by atoms with van der Waals surface area (Å²) in [5, 5.41) is 10.8. The number of benzene rings is 2. The highest BCUT2D eigenvalue weighted by molar-refractivity contribution is 7.99. The van der Waals surface area contributed by atoms with E-state index in [4.69, 9.17) is 11.6 Å².